The summed E-state index contributed by atoms with van der Waals surface area (Å²) in [5, 5.41) is 0.898. The Kier molecular flexibility index (Phi) is 2.52. The summed E-state index contributed by atoms with van der Waals surface area (Å²) < 4.78 is 11.6. The Balaban J connectivity index is 2.73. The molecular formula is C11H12N2O3. The van der Waals surface area contributed by atoms with E-state index in [0.29, 0.717) is 11.6 Å². The van der Waals surface area contributed by atoms with Crippen LogP contribution in [0.5, 0.6) is 5.88 Å². The van der Waals surface area contributed by atoms with Gasteiger partial charge in [0.1, 0.15) is 11.2 Å². The quantitative estimate of drug-likeness (QED) is 0.717. The maximum absolute atomic E-state index is 11.5. The second-order valence-corrected chi connectivity index (χ2v) is 3.34. The van der Waals surface area contributed by atoms with Crippen molar-refractivity contribution in [3.05, 3.63) is 24.0 Å². The van der Waals surface area contributed by atoms with Gasteiger partial charge in [0.15, 0.2) is 0 Å². The largest absolute Gasteiger partial charge is 0.479 e. The standard InChI is InChI=1S/C11H12N2O3/c1-13-8(11(14)16-3)6-7-4-5-12-10(15-2)9(7)13/h4-6H,1-3H3. The van der Waals surface area contributed by atoms with Gasteiger partial charge in [-0.15, -0.1) is 0 Å². The molecule has 84 valence electrons. The van der Waals surface area contributed by atoms with E-state index in [1.54, 1.807) is 31.0 Å². The smallest absolute Gasteiger partial charge is 0.354 e. The molecule has 0 aliphatic rings. The lowest BCUT2D eigenvalue weighted by Crippen LogP contribution is -2.07. The van der Waals surface area contributed by atoms with Crippen molar-refractivity contribution in [1.82, 2.24) is 9.55 Å². The van der Waals surface area contributed by atoms with Gasteiger partial charge in [-0.1, -0.05) is 0 Å². The lowest BCUT2D eigenvalue weighted by Gasteiger charge is -2.04. The van der Waals surface area contributed by atoms with Crippen LogP contribution in [0.3, 0.4) is 0 Å². The van der Waals surface area contributed by atoms with Gasteiger partial charge in [0.2, 0.25) is 5.88 Å². The predicted molar refractivity (Wildman–Crippen MR) is 58.6 cm³/mol. The number of fused-ring (bicyclic) bond motifs is 1. The van der Waals surface area contributed by atoms with Crippen LogP contribution in [0.25, 0.3) is 10.9 Å². The number of aromatic nitrogens is 2. The van der Waals surface area contributed by atoms with E-state index >= 15 is 0 Å². The summed E-state index contributed by atoms with van der Waals surface area (Å²) in [6.45, 7) is 0. The van der Waals surface area contributed by atoms with Gasteiger partial charge in [-0.25, -0.2) is 9.78 Å². The molecule has 0 amide bonds. The van der Waals surface area contributed by atoms with Gasteiger partial charge in [0.25, 0.3) is 0 Å². The third-order valence-corrected chi connectivity index (χ3v) is 2.50. The summed E-state index contributed by atoms with van der Waals surface area (Å²) in [7, 11) is 4.68. The third-order valence-electron chi connectivity index (χ3n) is 2.50. The molecule has 0 saturated carbocycles. The van der Waals surface area contributed by atoms with Crippen molar-refractivity contribution >= 4 is 16.9 Å². The number of hydrogen-bond donors (Lipinski definition) is 0. The first-order valence-corrected chi connectivity index (χ1v) is 4.75. The maximum Gasteiger partial charge on any atom is 0.354 e. The number of ether oxygens (including phenoxy) is 2. The first-order chi connectivity index (χ1) is 7.69. The fourth-order valence-electron chi connectivity index (χ4n) is 1.72. The van der Waals surface area contributed by atoms with Gasteiger partial charge in [-0.05, 0) is 12.1 Å². The minimum absolute atomic E-state index is 0.374. The van der Waals surface area contributed by atoms with Crippen molar-refractivity contribution in [1.29, 1.82) is 0 Å². The molecule has 16 heavy (non-hydrogen) atoms. The average Bonchev–Trinajstić information content (AvgIpc) is 2.66. The number of aryl methyl sites for hydroxylation is 1. The summed E-state index contributed by atoms with van der Waals surface area (Å²) in [4.78, 5) is 15.6. The van der Waals surface area contributed by atoms with Crippen LogP contribution in [-0.2, 0) is 11.8 Å². The second kappa shape index (κ2) is 3.84. The SMILES string of the molecule is COC(=O)c1cc2ccnc(OC)c2n1C. The van der Waals surface area contributed by atoms with Crippen LogP contribution in [-0.4, -0.2) is 29.7 Å². The van der Waals surface area contributed by atoms with E-state index in [0.717, 1.165) is 10.9 Å². The van der Waals surface area contributed by atoms with Gasteiger partial charge in [-0.3, -0.25) is 0 Å². The normalized spacial score (nSPS) is 10.4. The monoisotopic (exact) mass is 220 g/mol. The molecule has 0 aliphatic heterocycles. The highest BCUT2D eigenvalue weighted by atomic mass is 16.5. The molecule has 0 fully saturated rings. The molecule has 2 aromatic heterocycles. The molecule has 0 bridgehead atoms. The van der Waals surface area contributed by atoms with Gasteiger partial charge in [-0.2, -0.15) is 0 Å². The minimum Gasteiger partial charge on any atom is -0.479 e. The number of methoxy groups -OCH3 is 2. The molecule has 0 aliphatic carbocycles. The second-order valence-electron chi connectivity index (χ2n) is 3.34. The van der Waals surface area contributed by atoms with Crippen molar-refractivity contribution in [3.63, 3.8) is 0 Å². The van der Waals surface area contributed by atoms with E-state index in [1.165, 1.54) is 7.11 Å². The van der Waals surface area contributed by atoms with E-state index < -0.39 is 0 Å². The molecule has 2 rings (SSSR count). The number of carbonyl (C=O) groups excluding carboxylic acids is 1. The Hall–Kier alpha value is -2.04. The molecule has 0 radical (unpaired) electrons. The van der Waals surface area contributed by atoms with E-state index in [-0.39, 0.29) is 5.97 Å². The first kappa shape index (κ1) is 10.5. The molecule has 0 spiro atoms. The lowest BCUT2D eigenvalue weighted by atomic mass is 10.3. The third kappa shape index (κ3) is 1.41. The van der Waals surface area contributed by atoms with Crippen LogP contribution in [0.15, 0.2) is 18.3 Å². The molecule has 5 heteroatoms. The van der Waals surface area contributed by atoms with E-state index in [1.807, 2.05) is 6.07 Å². The summed E-state index contributed by atoms with van der Waals surface area (Å²) in [6.07, 6.45) is 1.64. The number of pyridine rings is 1. The van der Waals surface area contributed by atoms with Crippen molar-refractivity contribution in [2.45, 2.75) is 0 Å². The zero-order chi connectivity index (χ0) is 11.7. The predicted octanol–water partition coefficient (Wildman–Crippen LogP) is 1.37. The molecule has 2 aromatic rings. The summed E-state index contributed by atoms with van der Waals surface area (Å²) >= 11 is 0. The van der Waals surface area contributed by atoms with Gasteiger partial charge < -0.3 is 14.0 Å². The van der Waals surface area contributed by atoms with Gasteiger partial charge in [0.05, 0.1) is 14.2 Å². The van der Waals surface area contributed by atoms with Crippen molar-refractivity contribution in [2.75, 3.05) is 14.2 Å². The van der Waals surface area contributed by atoms with E-state index in [2.05, 4.69) is 4.98 Å². The topological polar surface area (TPSA) is 53.4 Å². The summed E-state index contributed by atoms with van der Waals surface area (Å²) in [5.74, 6) is 0.121. The number of esters is 1. The van der Waals surface area contributed by atoms with Crippen LogP contribution in [0, 0.1) is 0 Å². The maximum atomic E-state index is 11.5. The number of carbonyl (C=O) groups is 1. The number of nitrogens with zero attached hydrogens (tertiary/aromatic N) is 2. The Morgan fingerprint density at radius 1 is 1.44 bits per heavy atom. The van der Waals surface area contributed by atoms with E-state index in [9.17, 15) is 4.79 Å². The van der Waals surface area contributed by atoms with Crippen LogP contribution >= 0.6 is 0 Å². The molecular weight excluding hydrogens is 208 g/mol. The Bertz CT molecular complexity index is 545. The Labute approximate surface area is 92.6 Å². The fourth-order valence-corrected chi connectivity index (χ4v) is 1.72. The molecule has 0 unspecified atom stereocenters. The zero-order valence-corrected chi connectivity index (χ0v) is 9.35. The van der Waals surface area contributed by atoms with Crippen molar-refractivity contribution in [3.8, 4) is 5.88 Å². The molecule has 0 saturated heterocycles. The van der Waals surface area contributed by atoms with Gasteiger partial charge in [0, 0.05) is 18.6 Å². The Morgan fingerprint density at radius 3 is 2.81 bits per heavy atom. The average molecular weight is 220 g/mol. The zero-order valence-electron chi connectivity index (χ0n) is 9.35. The number of rotatable bonds is 2. The molecule has 0 N–H and O–H groups in total. The van der Waals surface area contributed by atoms with Crippen LogP contribution < -0.4 is 4.74 Å². The van der Waals surface area contributed by atoms with Crippen molar-refractivity contribution < 1.29 is 14.3 Å². The summed E-state index contributed by atoms with van der Waals surface area (Å²) in [6, 6.07) is 3.58. The molecule has 5 nitrogen and oxygen atoms in total. The summed E-state index contributed by atoms with van der Waals surface area (Å²) in [5.41, 5.74) is 1.26. The van der Waals surface area contributed by atoms with Crippen LogP contribution in [0.2, 0.25) is 0 Å². The molecule has 0 atom stereocenters. The van der Waals surface area contributed by atoms with Crippen LogP contribution in [0.4, 0.5) is 0 Å². The fraction of sp³-hybridized carbons (Fsp3) is 0.273. The minimum atomic E-state index is -0.374. The highest BCUT2D eigenvalue weighted by Crippen LogP contribution is 2.25. The Morgan fingerprint density at radius 2 is 2.19 bits per heavy atom. The molecule has 2 heterocycles. The highest BCUT2D eigenvalue weighted by Gasteiger charge is 2.16. The highest BCUT2D eigenvalue weighted by molar-refractivity contribution is 5.96. The first-order valence-electron chi connectivity index (χ1n) is 4.75. The van der Waals surface area contributed by atoms with Crippen LogP contribution in [0.1, 0.15) is 10.5 Å². The van der Waals surface area contributed by atoms with Crippen molar-refractivity contribution in [2.24, 2.45) is 7.05 Å². The van der Waals surface area contributed by atoms with Gasteiger partial charge >= 0.3 is 5.97 Å². The van der Waals surface area contributed by atoms with E-state index in [4.69, 9.17) is 9.47 Å². The number of hydrogen-bond acceptors (Lipinski definition) is 4. The molecule has 0 aromatic carbocycles. The lowest BCUT2D eigenvalue weighted by molar-refractivity contribution is 0.0590.